The van der Waals surface area contributed by atoms with Gasteiger partial charge in [0.15, 0.2) is 12.0 Å². The summed E-state index contributed by atoms with van der Waals surface area (Å²) in [5, 5.41) is 12.9. The quantitative estimate of drug-likeness (QED) is 0.821. The van der Waals surface area contributed by atoms with E-state index in [1.165, 1.54) is 0 Å². The summed E-state index contributed by atoms with van der Waals surface area (Å²) in [6, 6.07) is 3.45. The van der Waals surface area contributed by atoms with Crippen molar-refractivity contribution in [1.29, 1.82) is 0 Å². The molecule has 0 aromatic heterocycles. The van der Waals surface area contributed by atoms with E-state index < -0.39 is 6.23 Å². The Morgan fingerprint density at radius 2 is 2.31 bits per heavy atom. The van der Waals surface area contributed by atoms with Gasteiger partial charge in [0, 0.05) is 10.9 Å². The minimum atomic E-state index is -0.891. The van der Waals surface area contributed by atoms with Crippen molar-refractivity contribution in [2.75, 3.05) is 5.32 Å². The van der Waals surface area contributed by atoms with Gasteiger partial charge in [-0.05, 0) is 12.5 Å². The van der Waals surface area contributed by atoms with Crippen LogP contribution < -0.4 is 5.32 Å². The molecular formula is C11H12BrFN2O. The van der Waals surface area contributed by atoms with Gasteiger partial charge in [0.1, 0.15) is 0 Å². The Morgan fingerprint density at radius 3 is 2.94 bits per heavy atom. The minimum absolute atomic E-state index is 0.279. The highest BCUT2D eigenvalue weighted by Crippen LogP contribution is 2.34. The zero-order valence-corrected chi connectivity index (χ0v) is 10.4. The lowest BCUT2D eigenvalue weighted by molar-refractivity contribution is 0.266. The third-order valence-corrected chi connectivity index (χ3v) is 3.17. The van der Waals surface area contributed by atoms with Crippen LogP contribution in [-0.4, -0.2) is 17.0 Å². The first kappa shape index (κ1) is 11.5. The molecule has 1 unspecified atom stereocenters. The average Bonchev–Trinajstić information content (AvgIpc) is 2.30. The van der Waals surface area contributed by atoms with Crippen molar-refractivity contribution >= 4 is 33.0 Å². The van der Waals surface area contributed by atoms with Crippen LogP contribution in [0.3, 0.4) is 0 Å². The van der Waals surface area contributed by atoms with Gasteiger partial charge in [-0.25, -0.2) is 4.39 Å². The first-order valence-corrected chi connectivity index (χ1v) is 6.19. The monoisotopic (exact) mass is 286 g/mol. The largest absolute Gasteiger partial charge is 0.368 e. The summed E-state index contributed by atoms with van der Waals surface area (Å²) in [7, 11) is 0. The number of benzene rings is 1. The molecule has 1 aromatic carbocycles. The van der Waals surface area contributed by atoms with E-state index in [9.17, 15) is 9.50 Å². The van der Waals surface area contributed by atoms with Gasteiger partial charge in [0.2, 0.25) is 0 Å². The standard InChI is InChI=1S/C11H12BrFN2O/c1-2-7-11(16)15-10-8(14-7)4-3-6(5-12)9(10)13/h3-4,11,15-16H,2,5H2,1H3. The lowest BCUT2D eigenvalue weighted by Gasteiger charge is -2.23. The van der Waals surface area contributed by atoms with E-state index in [1.54, 1.807) is 12.1 Å². The first-order valence-electron chi connectivity index (χ1n) is 5.06. The topological polar surface area (TPSA) is 44.6 Å². The molecule has 86 valence electrons. The van der Waals surface area contributed by atoms with Crippen LogP contribution >= 0.6 is 15.9 Å². The van der Waals surface area contributed by atoms with Crippen LogP contribution in [0, 0.1) is 5.82 Å². The van der Waals surface area contributed by atoms with Gasteiger partial charge in [-0.3, -0.25) is 4.99 Å². The van der Waals surface area contributed by atoms with Gasteiger partial charge in [0.05, 0.1) is 17.1 Å². The van der Waals surface area contributed by atoms with Gasteiger partial charge in [-0.15, -0.1) is 0 Å². The molecule has 1 atom stereocenters. The van der Waals surface area contributed by atoms with E-state index in [1.807, 2.05) is 6.92 Å². The molecule has 1 heterocycles. The number of hydrogen-bond donors (Lipinski definition) is 2. The lowest BCUT2D eigenvalue weighted by atomic mass is 10.1. The molecule has 0 aliphatic carbocycles. The second-order valence-electron chi connectivity index (χ2n) is 3.57. The van der Waals surface area contributed by atoms with Crippen molar-refractivity contribution in [3.63, 3.8) is 0 Å². The number of nitrogens with one attached hydrogen (secondary N) is 1. The highest BCUT2D eigenvalue weighted by Gasteiger charge is 2.22. The molecule has 0 saturated heterocycles. The van der Waals surface area contributed by atoms with Crippen molar-refractivity contribution in [3.05, 3.63) is 23.5 Å². The third-order valence-electron chi connectivity index (χ3n) is 2.57. The maximum atomic E-state index is 13.9. The Bertz CT molecular complexity index is 448. The fraction of sp³-hybridized carbons (Fsp3) is 0.364. The molecule has 5 heteroatoms. The summed E-state index contributed by atoms with van der Waals surface area (Å²) < 4.78 is 13.9. The van der Waals surface area contributed by atoms with Gasteiger partial charge in [0.25, 0.3) is 0 Å². The minimum Gasteiger partial charge on any atom is -0.368 e. The maximum absolute atomic E-state index is 13.9. The number of alkyl halides is 1. The molecule has 1 aromatic rings. The normalized spacial score (nSPS) is 18.8. The molecule has 1 aliphatic heterocycles. The fourth-order valence-electron chi connectivity index (χ4n) is 1.65. The van der Waals surface area contributed by atoms with E-state index in [4.69, 9.17) is 0 Å². The van der Waals surface area contributed by atoms with Crippen LogP contribution in [0.2, 0.25) is 0 Å². The summed E-state index contributed by atoms with van der Waals surface area (Å²) in [6.45, 7) is 1.90. The second kappa shape index (κ2) is 4.51. The van der Waals surface area contributed by atoms with Gasteiger partial charge >= 0.3 is 0 Å². The van der Waals surface area contributed by atoms with Gasteiger partial charge in [-0.2, -0.15) is 0 Å². The third kappa shape index (κ3) is 1.85. The molecule has 16 heavy (non-hydrogen) atoms. The van der Waals surface area contributed by atoms with E-state index in [-0.39, 0.29) is 11.5 Å². The number of aliphatic imine (C=N–C) groups is 1. The molecule has 0 bridgehead atoms. The number of aliphatic hydroxyl groups is 1. The molecule has 3 nitrogen and oxygen atoms in total. The fourth-order valence-corrected chi connectivity index (χ4v) is 2.08. The number of hydrogen-bond acceptors (Lipinski definition) is 3. The molecule has 1 aliphatic rings. The summed E-state index contributed by atoms with van der Waals surface area (Å²) >= 11 is 3.21. The molecule has 0 fully saturated rings. The Hall–Kier alpha value is -0.940. The smallest absolute Gasteiger partial charge is 0.164 e. The molecule has 2 rings (SSSR count). The summed E-state index contributed by atoms with van der Waals surface area (Å²) in [5.41, 5.74) is 2.00. The molecule has 0 spiro atoms. The molecule has 2 N–H and O–H groups in total. The maximum Gasteiger partial charge on any atom is 0.164 e. The lowest BCUT2D eigenvalue weighted by Crippen LogP contribution is -2.31. The predicted molar refractivity (Wildman–Crippen MR) is 66.0 cm³/mol. The van der Waals surface area contributed by atoms with Crippen molar-refractivity contribution < 1.29 is 9.50 Å². The second-order valence-corrected chi connectivity index (χ2v) is 4.13. The first-order chi connectivity index (χ1) is 7.67. The summed E-state index contributed by atoms with van der Waals surface area (Å²) in [5.74, 6) is -0.354. The zero-order valence-electron chi connectivity index (χ0n) is 8.80. The van der Waals surface area contributed by atoms with Crippen LogP contribution in [0.5, 0.6) is 0 Å². The predicted octanol–water partition coefficient (Wildman–Crippen LogP) is 2.95. The van der Waals surface area contributed by atoms with Crippen LogP contribution in [0.4, 0.5) is 15.8 Å². The SMILES string of the molecule is CCC1=Nc2ccc(CBr)c(F)c2NC1O. The number of nitrogens with zero attached hydrogens (tertiary/aromatic N) is 1. The number of rotatable bonds is 2. The van der Waals surface area contributed by atoms with Crippen molar-refractivity contribution in [3.8, 4) is 0 Å². The highest BCUT2D eigenvalue weighted by molar-refractivity contribution is 9.08. The summed E-state index contributed by atoms with van der Waals surface area (Å²) in [4.78, 5) is 4.23. The van der Waals surface area contributed by atoms with Crippen LogP contribution in [-0.2, 0) is 5.33 Å². The number of fused-ring (bicyclic) bond motifs is 1. The van der Waals surface area contributed by atoms with Crippen LogP contribution in [0.25, 0.3) is 0 Å². The number of halogens is 2. The van der Waals surface area contributed by atoms with Gasteiger partial charge in [-0.1, -0.05) is 28.9 Å². The van der Waals surface area contributed by atoms with Gasteiger partial charge < -0.3 is 10.4 Å². The Balaban J connectivity index is 2.52. The summed E-state index contributed by atoms with van der Waals surface area (Å²) in [6.07, 6.45) is -0.257. The number of anilines is 1. The average molecular weight is 287 g/mol. The van der Waals surface area contributed by atoms with Crippen molar-refractivity contribution in [2.45, 2.75) is 24.9 Å². The van der Waals surface area contributed by atoms with Crippen LogP contribution in [0.15, 0.2) is 17.1 Å². The van der Waals surface area contributed by atoms with Crippen molar-refractivity contribution in [1.82, 2.24) is 0 Å². The number of aliphatic hydroxyl groups excluding tert-OH is 1. The highest BCUT2D eigenvalue weighted by atomic mass is 79.9. The van der Waals surface area contributed by atoms with Crippen LogP contribution in [0.1, 0.15) is 18.9 Å². The van der Waals surface area contributed by atoms with Crippen molar-refractivity contribution in [2.24, 2.45) is 4.99 Å². The Morgan fingerprint density at radius 1 is 1.56 bits per heavy atom. The molecule has 0 amide bonds. The molecular weight excluding hydrogens is 275 g/mol. The van der Waals surface area contributed by atoms with E-state index in [2.05, 4.69) is 26.2 Å². The Kier molecular flexibility index (Phi) is 3.25. The molecule has 0 radical (unpaired) electrons. The molecule has 0 saturated carbocycles. The zero-order chi connectivity index (χ0) is 11.7. The van der Waals surface area contributed by atoms with E-state index in [0.717, 1.165) is 0 Å². The van der Waals surface area contributed by atoms with E-state index in [0.29, 0.717) is 28.7 Å². The Labute approximate surface area is 102 Å². The van der Waals surface area contributed by atoms with E-state index >= 15 is 0 Å².